The van der Waals surface area contributed by atoms with Crippen LogP contribution in [0.4, 0.5) is 0 Å². The lowest BCUT2D eigenvalue weighted by Crippen LogP contribution is -2.26. The van der Waals surface area contributed by atoms with Crippen molar-refractivity contribution in [2.75, 3.05) is 13.7 Å². The fourth-order valence-corrected chi connectivity index (χ4v) is 4.36. The largest absolute Gasteiger partial charge is 0.495 e. The Balaban J connectivity index is 1.70. The van der Waals surface area contributed by atoms with Crippen LogP contribution in [0.1, 0.15) is 57.1 Å². The van der Waals surface area contributed by atoms with E-state index in [0.29, 0.717) is 6.04 Å². The molecule has 0 amide bonds. The maximum absolute atomic E-state index is 5.34. The van der Waals surface area contributed by atoms with Gasteiger partial charge in [-0.3, -0.25) is 4.98 Å². The molecule has 3 rings (SSSR count). The minimum Gasteiger partial charge on any atom is -0.495 e. The summed E-state index contributed by atoms with van der Waals surface area (Å²) in [6.45, 7) is 3.30. The molecular weight excluding hydrogens is 260 g/mol. The van der Waals surface area contributed by atoms with Crippen molar-refractivity contribution in [1.29, 1.82) is 0 Å². The van der Waals surface area contributed by atoms with Gasteiger partial charge in [-0.15, -0.1) is 0 Å². The van der Waals surface area contributed by atoms with Crippen molar-refractivity contribution >= 4 is 0 Å². The monoisotopic (exact) mass is 288 g/mol. The number of pyridine rings is 1. The van der Waals surface area contributed by atoms with Crippen molar-refractivity contribution in [3.63, 3.8) is 0 Å². The Morgan fingerprint density at radius 1 is 1.33 bits per heavy atom. The van der Waals surface area contributed by atoms with Crippen LogP contribution in [0.5, 0.6) is 5.75 Å². The highest BCUT2D eigenvalue weighted by molar-refractivity contribution is 5.26. The molecule has 2 aliphatic rings. The van der Waals surface area contributed by atoms with Gasteiger partial charge in [-0.1, -0.05) is 13.3 Å². The number of methoxy groups -OCH3 is 1. The molecule has 1 heterocycles. The van der Waals surface area contributed by atoms with Gasteiger partial charge >= 0.3 is 0 Å². The number of ether oxygens (including phenoxy) is 1. The summed E-state index contributed by atoms with van der Waals surface area (Å²) < 4.78 is 5.34. The maximum Gasteiger partial charge on any atom is 0.137 e. The van der Waals surface area contributed by atoms with Gasteiger partial charge in [0.05, 0.1) is 13.3 Å². The molecule has 2 aliphatic carbocycles. The predicted octanol–water partition coefficient (Wildman–Crippen LogP) is 3.96. The van der Waals surface area contributed by atoms with Crippen LogP contribution in [0.25, 0.3) is 0 Å². The quantitative estimate of drug-likeness (QED) is 0.824. The van der Waals surface area contributed by atoms with Gasteiger partial charge < -0.3 is 10.1 Å². The smallest absolute Gasteiger partial charge is 0.137 e. The van der Waals surface area contributed by atoms with Crippen molar-refractivity contribution in [3.8, 4) is 5.75 Å². The first kappa shape index (κ1) is 14.8. The molecule has 2 bridgehead atoms. The summed E-state index contributed by atoms with van der Waals surface area (Å²) in [6.07, 6.45) is 12.1. The van der Waals surface area contributed by atoms with Crippen LogP contribution in [0, 0.1) is 17.8 Å². The molecule has 3 heteroatoms. The van der Waals surface area contributed by atoms with Gasteiger partial charge in [0.15, 0.2) is 0 Å². The van der Waals surface area contributed by atoms with Gasteiger partial charge in [0.25, 0.3) is 0 Å². The summed E-state index contributed by atoms with van der Waals surface area (Å²) in [7, 11) is 1.71. The second kappa shape index (κ2) is 6.78. The van der Waals surface area contributed by atoms with Gasteiger partial charge in [0.2, 0.25) is 0 Å². The highest BCUT2D eigenvalue weighted by Gasteiger charge is 2.40. The van der Waals surface area contributed by atoms with Crippen molar-refractivity contribution < 1.29 is 4.74 Å². The van der Waals surface area contributed by atoms with Crippen LogP contribution >= 0.6 is 0 Å². The maximum atomic E-state index is 5.34. The molecule has 1 N–H and O–H groups in total. The van der Waals surface area contributed by atoms with E-state index in [1.165, 1.54) is 44.1 Å². The highest BCUT2D eigenvalue weighted by Crippen LogP contribution is 2.50. The predicted molar refractivity (Wildman–Crippen MR) is 85.4 cm³/mol. The minimum atomic E-state index is 0.428. The fraction of sp³-hybridized carbons (Fsp3) is 0.722. The molecule has 1 aromatic heterocycles. The van der Waals surface area contributed by atoms with Gasteiger partial charge in [-0.05, 0) is 68.0 Å². The van der Waals surface area contributed by atoms with Crippen LogP contribution < -0.4 is 10.1 Å². The van der Waals surface area contributed by atoms with Crippen LogP contribution in [0.15, 0.2) is 18.5 Å². The fourth-order valence-electron chi connectivity index (χ4n) is 4.36. The zero-order valence-corrected chi connectivity index (χ0v) is 13.3. The van der Waals surface area contributed by atoms with E-state index in [9.17, 15) is 0 Å². The van der Waals surface area contributed by atoms with E-state index in [1.807, 2.05) is 6.20 Å². The Labute approximate surface area is 128 Å². The highest BCUT2D eigenvalue weighted by atomic mass is 16.5. The topological polar surface area (TPSA) is 34.2 Å². The molecule has 0 saturated heterocycles. The number of nitrogens with one attached hydrogen (secondary N) is 1. The van der Waals surface area contributed by atoms with Gasteiger partial charge in [-0.2, -0.15) is 0 Å². The third-order valence-electron chi connectivity index (χ3n) is 5.44. The summed E-state index contributed by atoms with van der Waals surface area (Å²) in [5, 5.41) is 3.73. The van der Waals surface area contributed by atoms with Crippen LogP contribution in [0.3, 0.4) is 0 Å². The lowest BCUT2D eigenvalue weighted by molar-refractivity contribution is 0.278. The summed E-state index contributed by atoms with van der Waals surface area (Å²) >= 11 is 0. The molecule has 0 spiro atoms. The van der Waals surface area contributed by atoms with Gasteiger partial charge in [-0.25, -0.2) is 0 Å². The average Bonchev–Trinajstić information content (AvgIpc) is 3.14. The molecule has 1 aromatic rings. The number of nitrogens with zero attached hydrogens (tertiary/aromatic N) is 1. The summed E-state index contributed by atoms with van der Waals surface area (Å²) in [5.74, 6) is 3.78. The Morgan fingerprint density at radius 3 is 2.90 bits per heavy atom. The van der Waals surface area contributed by atoms with Crippen molar-refractivity contribution in [2.24, 2.45) is 17.8 Å². The molecule has 4 unspecified atom stereocenters. The van der Waals surface area contributed by atoms with Crippen LogP contribution in [-0.2, 0) is 0 Å². The molecule has 4 atom stereocenters. The number of aromatic nitrogens is 1. The van der Waals surface area contributed by atoms with E-state index in [0.717, 1.165) is 30.0 Å². The van der Waals surface area contributed by atoms with Crippen LogP contribution in [0.2, 0.25) is 0 Å². The number of rotatable bonds is 7. The summed E-state index contributed by atoms with van der Waals surface area (Å²) in [6, 6.07) is 2.57. The normalized spacial score (nSPS) is 28.8. The number of hydrogen-bond acceptors (Lipinski definition) is 3. The lowest BCUT2D eigenvalue weighted by atomic mass is 9.83. The van der Waals surface area contributed by atoms with Crippen molar-refractivity contribution in [1.82, 2.24) is 10.3 Å². The molecule has 2 saturated carbocycles. The van der Waals surface area contributed by atoms with E-state index in [4.69, 9.17) is 4.74 Å². The zero-order chi connectivity index (χ0) is 14.7. The summed E-state index contributed by atoms with van der Waals surface area (Å²) in [4.78, 5) is 4.34. The SMILES string of the molecule is CCCNC(CC1CC2CCC1C2)c1cncc(OC)c1. The van der Waals surface area contributed by atoms with Gasteiger partial charge in [0.1, 0.15) is 5.75 Å². The third kappa shape index (κ3) is 3.39. The summed E-state index contributed by atoms with van der Waals surface area (Å²) in [5.41, 5.74) is 1.28. The third-order valence-corrected chi connectivity index (χ3v) is 5.44. The first-order valence-electron chi connectivity index (χ1n) is 8.52. The van der Waals surface area contributed by atoms with E-state index in [1.54, 1.807) is 13.3 Å². The average molecular weight is 288 g/mol. The second-order valence-electron chi connectivity index (χ2n) is 6.84. The van der Waals surface area contributed by atoms with Crippen LogP contribution in [-0.4, -0.2) is 18.6 Å². The molecule has 2 fully saturated rings. The molecule has 3 nitrogen and oxygen atoms in total. The molecule has 0 aromatic carbocycles. The van der Waals surface area contributed by atoms with E-state index >= 15 is 0 Å². The zero-order valence-electron chi connectivity index (χ0n) is 13.3. The molecule has 116 valence electrons. The van der Waals surface area contributed by atoms with E-state index in [2.05, 4.69) is 23.3 Å². The number of hydrogen-bond donors (Lipinski definition) is 1. The molecule has 21 heavy (non-hydrogen) atoms. The molecule has 0 radical (unpaired) electrons. The standard InChI is InChI=1S/C18H28N2O/c1-3-6-20-18(16-9-17(21-2)12-19-11-16)10-15-8-13-4-5-14(15)7-13/h9,11-15,18,20H,3-8,10H2,1-2H3. The minimum absolute atomic E-state index is 0.428. The lowest BCUT2D eigenvalue weighted by Gasteiger charge is -2.27. The number of fused-ring (bicyclic) bond motifs is 2. The Kier molecular flexibility index (Phi) is 4.79. The molecule has 0 aliphatic heterocycles. The van der Waals surface area contributed by atoms with E-state index < -0.39 is 0 Å². The Hall–Kier alpha value is -1.09. The first-order chi connectivity index (χ1) is 10.3. The van der Waals surface area contributed by atoms with Gasteiger partial charge in [0, 0.05) is 12.2 Å². The Bertz CT molecular complexity index is 462. The molecular formula is C18H28N2O. The van der Waals surface area contributed by atoms with Crippen molar-refractivity contribution in [2.45, 2.75) is 51.5 Å². The second-order valence-corrected chi connectivity index (χ2v) is 6.84. The van der Waals surface area contributed by atoms with Crippen molar-refractivity contribution in [3.05, 3.63) is 24.0 Å². The Morgan fingerprint density at radius 2 is 2.24 bits per heavy atom. The first-order valence-corrected chi connectivity index (χ1v) is 8.52. The van der Waals surface area contributed by atoms with E-state index in [-0.39, 0.29) is 0 Å².